The van der Waals surface area contributed by atoms with Gasteiger partial charge in [0.1, 0.15) is 18.1 Å². The molecular weight excluding hydrogens is 443 g/mol. The Morgan fingerprint density at radius 2 is 2.06 bits per heavy atom. The van der Waals surface area contributed by atoms with E-state index in [-0.39, 0.29) is 35.4 Å². The maximum atomic E-state index is 15.0. The molecule has 3 rings (SSSR count). The lowest BCUT2D eigenvalue weighted by molar-refractivity contribution is 0.0985. The Bertz CT molecular complexity index is 1200. The lowest BCUT2D eigenvalue weighted by atomic mass is 10.0. The second-order valence-electron chi connectivity index (χ2n) is 7.15. The summed E-state index contributed by atoms with van der Waals surface area (Å²) in [5.74, 6) is -2.01. The molecular formula is C20H22ClFN6O4. The van der Waals surface area contributed by atoms with E-state index in [1.807, 2.05) is 0 Å². The summed E-state index contributed by atoms with van der Waals surface area (Å²) in [6.45, 7) is 6.51. The number of hydrogen-bond donors (Lipinski definition) is 1. The molecule has 0 aromatic carbocycles. The molecule has 0 aliphatic carbocycles. The monoisotopic (exact) mass is 464 g/mol. The molecule has 0 saturated heterocycles. The molecule has 0 fully saturated rings. The van der Waals surface area contributed by atoms with Gasteiger partial charge in [-0.15, -0.1) is 5.10 Å². The van der Waals surface area contributed by atoms with Crippen LogP contribution in [0.3, 0.4) is 0 Å². The first-order chi connectivity index (χ1) is 15.2. The molecule has 0 radical (unpaired) electrons. The van der Waals surface area contributed by atoms with Crippen molar-refractivity contribution in [3.05, 3.63) is 56.5 Å². The van der Waals surface area contributed by atoms with Crippen molar-refractivity contribution in [2.75, 3.05) is 0 Å². The number of carbonyl (C=O) groups is 1. The lowest BCUT2D eigenvalue weighted by Crippen LogP contribution is -2.26. The van der Waals surface area contributed by atoms with E-state index in [2.05, 4.69) is 20.1 Å². The number of aromatic nitrogens is 6. The molecule has 0 aliphatic heterocycles. The van der Waals surface area contributed by atoms with E-state index in [0.29, 0.717) is 11.3 Å². The molecule has 1 N–H and O–H groups in total. The third-order valence-electron chi connectivity index (χ3n) is 4.61. The van der Waals surface area contributed by atoms with Crippen molar-refractivity contribution in [3.8, 4) is 11.7 Å². The predicted molar refractivity (Wildman–Crippen MR) is 113 cm³/mol. The lowest BCUT2D eigenvalue weighted by Gasteiger charge is -2.15. The Morgan fingerprint density at radius 1 is 1.34 bits per heavy atom. The fourth-order valence-corrected chi connectivity index (χ4v) is 3.31. The first-order valence-corrected chi connectivity index (χ1v) is 10.2. The maximum Gasteiger partial charge on any atom is 0.352 e. The topological polar surface area (TPSA) is 125 Å². The quantitative estimate of drug-likeness (QED) is 0.396. The first kappa shape index (κ1) is 23.5. The third kappa shape index (κ3) is 4.53. The van der Waals surface area contributed by atoms with E-state index >= 15 is 4.39 Å². The van der Waals surface area contributed by atoms with Gasteiger partial charge in [0.2, 0.25) is 5.88 Å². The summed E-state index contributed by atoms with van der Waals surface area (Å²) < 4.78 is 22.6. The summed E-state index contributed by atoms with van der Waals surface area (Å²) in [5, 5.41) is 13.5. The van der Waals surface area contributed by atoms with Crippen LogP contribution in [0.2, 0.25) is 5.15 Å². The minimum atomic E-state index is -0.955. The van der Waals surface area contributed by atoms with Gasteiger partial charge in [-0.2, -0.15) is 9.67 Å². The van der Waals surface area contributed by atoms with Gasteiger partial charge in [-0.3, -0.25) is 9.36 Å². The molecule has 0 aliphatic rings. The fourth-order valence-electron chi connectivity index (χ4n) is 3.06. The van der Waals surface area contributed by atoms with Crippen LogP contribution in [0.25, 0.3) is 5.82 Å². The number of ketones is 1. The van der Waals surface area contributed by atoms with Crippen LogP contribution in [0.1, 0.15) is 48.2 Å². The van der Waals surface area contributed by atoms with E-state index < -0.39 is 35.8 Å². The number of aryl methyl sites for hydroxylation is 1. The van der Waals surface area contributed by atoms with Crippen LogP contribution in [-0.2, 0) is 19.6 Å². The fraction of sp³-hybridized carbons (Fsp3) is 0.400. The molecule has 3 aromatic heterocycles. The van der Waals surface area contributed by atoms with Crippen LogP contribution < -0.4 is 10.4 Å². The second kappa shape index (κ2) is 9.53. The number of hydrogen-bond acceptors (Lipinski definition) is 8. The molecule has 10 nitrogen and oxygen atoms in total. The van der Waals surface area contributed by atoms with Gasteiger partial charge in [0, 0.05) is 24.2 Å². The highest BCUT2D eigenvalue weighted by molar-refractivity contribution is 6.30. The Hall–Kier alpha value is -3.18. The van der Waals surface area contributed by atoms with Crippen molar-refractivity contribution >= 4 is 17.4 Å². The highest BCUT2D eigenvalue weighted by Gasteiger charge is 2.25. The summed E-state index contributed by atoms with van der Waals surface area (Å²) in [6.07, 6.45) is 0.693. The zero-order valence-corrected chi connectivity index (χ0v) is 18.7. The molecule has 0 atom stereocenters. The van der Waals surface area contributed by atoms with Crippen LogP contribution in [0, 0.1) is 12.7 Å². The van der Waals surface area contributed by atoms with Gasteiger partial charge in [0.25, 0.3) is 0 Å². The number of ether oxygens (including phenoxy) is 1. The van der Waals surface area contributed by atoms with Crippen molar-refractivity contribution in [2.45, 2.75) is 53.4 Å². The molecule has 170 valence electrons. The average molecular weight is 465 g/mol. The number of aliphatic hydroxyl groups is 1. The Morgan fingerprint density at radius 3 is 2.62 bits per heavy atom. The first-order valence-electron chi connectivity index (χ1n) is 9.84. The van der Waals surface area contributed by atoms with Gasteiger partial charge in [-0.05, 0) is 33.8 Å². The van der Waals surface area contributed by atoms with Gasteiger partial charge < -0.3 is 9.84 Å². The van der Waals surface area contributed by atoms with E-state index in [0.717, 1.165) is 10.7 Å². The van der Waals surface area contributed by atoms with E-state index in [1.54, 1.807) is 27.7 Å². The molecule has 0 saturated carbocycles. The SMILES string of the molecule is CCn1c(CO)nn(-c2nc(OC(C)C)c(C(=O)Cc3c(C)ncnc3Cl)cc2F)c1=O. The average Bonchev–Trinajstić information content (AvgIpc) is 3.06. The minimum Gasteiger partial charge on any atom is -0.474 e. The number of rotatable bonds is 8. The highest BCUT2D eigenvalue weighted by atomic mass is 35.5. The van der Waals surface area contributed by atoms with Crippen LogP contribution in [0.4, 0.5) is 4.39 Å². The number of carbonyl (C=O) groups excluding carboxylic acids is 1. The van der Waals surface area contributed by atoms with Crippen molar-refractivity contribution in [2.24, 2.45) is 0 Å². The molecule has 32 heavy (non-hydrogen) atoms. The highest BCUT2D eigenvalue weighted by Crippen LogP contribution is 2.25. The van der Waals surface area contributed by atoms with Crippen molar-refractivity contribution in [1.82, 2.24) is 29.3 Å². The summed E-state index contributed by atoms with van der Waals surface area (Å²) in [5.41, 5.74) is 0.124. The van der Waals surface area contributed by atoms with Gasteiger partial charge in [-0.25, -0.2) is 19.2 Å². The zero-order chi connectivity index (χ0) is 23.6. The predicted octanol–water partition coefficient (Wildman–Crippen LogP) is 2.04. The molecule has 12 heteroatoms. The smallest absolute Gasteiger partial charge is 0.352 e. The van der Waals surface area contributed by atoms with E-state index in [4.69, 9.17) is 16.3 Å². The standard InChI is InChI=1S/C20H22ClFN6O4/c1-5-27-16(8-29)26-28(20(27)31)18-14(22)6-13(19(25-18)32-10(2)3)15(30)7-12-11(4)23-9-24-17(12)21/h6,9-10,29H,5,7-8H2,1-4H3. The second-order valence-corrected chi connectivity index (χ2v) is 7.51. The minimum absolute atomic E-state index is 0.0550. The van der Waals surface area contributed by atoms with Crippen LogP contribution in [0.5, 0.6) is 5.88 Å². The van der Waals surface area contributed by atoms with Crippen molar-refractivity contribution in [1.29, 1.82) is 0 Å². The molecule has 3 heterocycles. The van der Waals surface area contributed by atoms with Crippen LogP contribution >= 0.6 is 11.6 Å². The molecule has 0 bridgehead atoms. The summed E-state index contributed by atoms with van der Waals surface area (Å²) >= 11 is 6.09. The van der Waals surface area contributed by atoms with E-state index in [9.17, 15) is 14.7 Å². The summed E-state index contributed by atoms with van der Waals surface area (Å²) in [4.78, 5) is 37.6. The molecule has 0 spiro atoms. The number of aliphatic hydroxyl groups excluding tert-OH is 1. The number of pyridine rings is 1. The number of nitrogens with zero attached hydrogens (tertiary/aromatic N) is 6. The number of halogens is 2. The van der Waals surface area contributed by atoms with Gasteiger partial charge in [-0.1, -0.05) is 11.6 Å². The third-order valence-corrected chi connectivity index (χ3v) is 4.94. The molecule has 0 amide bonds. The Labute approximate surface area is 187 Å². The zero-order valence-electron chi connectivity index (χ0n) is 18.0. The largest absolute Gasteiger partial charge is 0.474 e. The Kier molecular flexibility index (Phi) is 6.99. The van der Waals surface area contributed by atoms with E-state index in [1.165, 1.54) is 10.9 Å². The van der Waals surface area contributed by atoms with Gasteiger partial charge >= 0.3 is 5.69 Å². The van der Waals surface area contributed by atoms with Crippen molar-refractivity contribution in [3.63, 3.8) is 0 Å². The van der Waals surface area contributed by atoms with Gasteiger partial charge in [0.15, 0.2) is 23.2 Å². The molecule has 3 aromatic rings. The van der Waals surface area contributed by atoms with Crippen LogP contribution in [0.15, 0.2) is 17.2 Å². The van der Waals surface area contributed by atoms with Crippen LogP contribution in [-0.4, -0.2) is 46.3 Å². The normalized spacial score (nSPS) is 11.2. The summed E-state index contributed by atoms with van der Waals surface area (Å²) in [6, 6.07) is 0.950. The van der Waals surface area contributed by atoms with Crippen molar-refractivity contribution < 1.29 is 19.0 Å². The molecule has 0 unspecified atom stereocenters. The maximum absolute atomic E-state index is 15.0. The number of Topliss-reactive ketones (excluding diaryl/α,β-unsaturated/α-hetero) is 1. The Balaban J connectivity index is 2.11. The van der Waals surface area contributed by atoms with Gasteiger partial charge in [0.05, 0.1) is 11.7 Å². The summed E-state index contributed by atoms with van der Waals surface area (Å²) in [7, 11) is 0.